The van der Waals surface area contributed by atoms with E-state index in [0.717, 1.165) is 6.07 Å². The molecule has 0 aliphatic heterocycles. The number of fused-ring (bicyclic) bond motifs is 1. The maximum Gasteiger partial charge on any atom is 0.420 e. The predicted molar refractivity (Wildman–Crippen MR) is 98.3 cm³/mol. The first kappa shape index (κ1) is 18.3. The summed E-state index contributed by atoms with van der Waals surface area (Å²) < 4.78 is 46.9. The number of halogens is 3. The highest BCUT2D eigenvalue weighted by molar-refractivity contribution is 7.12. The van der Waals surface area contributed by atoms with E-state index in [-0.39, 0.29) is 18.1 Å². The van der Waals surface area contributed by atoms with Gasteiger partial charge in [-0.05, 0) is 23.6 Å². The maximum absolute atomic E-state index is 13.5. The van der Waals surface area contributed by atoms with Crippen LogP contribution in [0.3, 0.4) is 0 Å². The average Bonchev–Trinajstić information content (AvgIpc) is 3.39. The molecule has 4 aromatic heterocycles. The molecule has 0 aliphatic carbocycles. The summed E-state index contributed by atoms with van der Waals surface area (Å²) in [5.74, 6) is -0.211. The second-order valence-electron chi connectivity index (χ2n) is 6.10. The van der Waals surface area contributed by atoms with Crippen molar-refractivity contribution in [3.63, 3.8) is 0 Å². The van der Waals surface area contributed by atoms with E-state index in [2.05, 4.69) is 10.3 Å². The molecule has 9 heteroatoms. The van der Waals surface area contributed by atoms with Crippen molar-refractivity contribution in [2.75, 3.05) is 6.54 Å². The second kappa shape index (κ2) is 7.16. The number of aromatic nitrogens is 2. The van der Waals surface area contributed by atoms with E-state index in [9.17, 15) is 18.0 Å². The quantitative estimate of drug-likeness (QED) is 0.526. The highest BCUT2D eigenvalue weighted by Gasteiger charge is 2.34. The standard InChI is InChI=1S/C19H14F3N3O2S/c20-19(21,22)15-8-13(12-4-6-27-11-12)9-25-10-14(24-17(15)25)3-5-23-18(26)16-2-1-7-28-16/h1-2,4,6-11H,3,5H2,(H,23,26). The maximum atomic E-state index is 13.5. The van der Waals surface area contributed by atoms with Gasteiger partial charge in [-0.25, -0.2) is 4.98 Å². The Kier molecular flexibility index (Phi) is 4.68. The van der Waals surface area contributed by atoms with Crippen LogP contribution in [0.5, 0.6) is 0 Å². The normalized spacial score (nSPS) is 11.8. The van der Waals surface area contributed by atoms with Crippen molar-refractivity contribution >= 4 is 22.9 Å². The fourth-order valence-corrected chi connectivity index (χ4v) is 3.50. The Bertz CT molecular complexity index is 1100. The van der Waals surface area contributed by atoms with Crippen molar-refractivity contribution in [1.82, 2.24) is 14.7 Å². The van der Waals surface area contributed by atoms with Gasteiger partial charge in [0, 0.05) is 36.5 Å². The number of imidazole rings is 1. The third-order valence-electron chi connectivity index (χ3n) is 4.17. The van der Waals surface area contributed by atoms with Crippen LogP contribution in [-0.2, 0) is 12.6 Å². The van der Waals surface area contributed by atoms with Gasteiger partial charge in [0.2, 0.25) is 0 Å². The van der Waals surface area contributed by atoms with E-state index in [1.54, 1.807) is 36.0 Å². The molecule has 0 aromatic carbocycles. The smallest absolute Gasteiger partial charge is 0.420 e. The van der Waals surface area contributed by atoms with Crippen molar-refractivity contribution < 1.29 is 22.4 Å². The van der Waals surface area contributed by atoms with Crippen molar-refractivity contribution in [1.29, 1.82) is 0 Å². The molecule has 4 heterocycles. The number of thiophene rings is 1. The van der Waals surface area contributed by atoms with Gasteiger partial charge in [0.05, 0.1) is 28.7 Å². The Labute approximate surface area is 161 Å². The minimum atomic E-state index is -4.54. The van der Waals surface area contributed by atoms with Gasteiger partial charge in [-0.3, -0.25) is 4.79 Å². The van der Waals surface area contributed by atoms with Crippen LogP contribution in [0.2, 0.25) is 0 Å². The monoisotopic (exact) mass is 405 g/mol. The lowest BCUT2D eigenvalue weighted by molar-refractivity contribution is -0.136. The summed E-state index contributed by atoms with van der Waals surface area (Å²) >= 11 is 1.32. The molecule has 4 rings (SSSR count). The van der Waals surface area contributed by atoms with E-state index >= 15 is 0 Å². The molecule has 144 valence electrons. The number of carbonyl (C=O) groups excluding carboxylic acids is 1. The number of alkyl halides is 3. The third kappa shape index (κ3) is 3.65. The number of nitrogens with one attached hydrogen (secondary N) is 1. The molecule has 0 saturated heterocycles. The van der Waals surface area contributed by atoms with Crippen molar-refractivity contribution in [2.24, 2.45) is 0 Å². The SMILES string of the molecule is O=C(NCCc1cn2cc(-c3ccoc3)cc(C(F)(F)F)c2n1)c1cccs1. The van der Waals surface area contributed by atoms with Crippen LogP contribution in [0.1, 0.15) is 20.9 Å². The zero-order valence-corrected chi connectivity index (χ0v) is 15.2. The Hall–Kier alpha value is -3.07. The first-order chi connectivity index (χ1) is 13.4. The number of nitrogens with zero attached hydrogens (tertiary/aromatic N) is 2. The number of pyridine rings is 1. The highest BCUT2D eigenvalue weighted by Crippen LogP contribution is 2.35. The summed E-state index contributed by atoms with van der Waals surface area (Å²) in [6.45, 7) is 0.274. The zero-order valence-electron chi connectivity index (χ0n) is 14.4. The van der Waals surface area contributed by atoms with Crippen LogP contribution in [0, 0.1) is 0 Å². The lowest BCUT2D eigenvalue weighted by Gasteiger charge is -2.10. The van der Waals surface area contributed by atoms with E-state index < -0.39 is 11.7 Å². The molecular weight excluding hydrogens is 391 g/mol. The predicted octanol–water partition coefficient (Wildman–Crippen LogP) is 4.65. The van der Waals surface area contributed by atoms with E-state index in [0.29, 0.717) is 28.1 Å². The van der Waals surface area contributed by atoms with Gasteiger partial charge >= 0.3 is 6.18 Å². The fourth-order valence-electron chi connectivity index (χ4n) is 2.86. The molecule has 0 atom stereocenters. The van der Waals surface area contributed by atoms with Crippen LogP contribution in [0.15, 0.2) is 59.0 Å². The average molecular weight is 405 g/mol. The third-order valence-corrected chi connectivity index (χ3v) is 5.04. The molecule has 0 radical (unpaired) electrons. The number of hydrogen-bond donors (Lipinski definition) is 1. The van der Waals surface area contributed by atoms with Crippen molar-refractivity contribution in [2.45, 2.75) is 12.6 Å². The molecule has 0 unspecified atom stereocenters. The Morgan fingerprint density at radius 1 is 1.25 bits per heavy atom. The van der Waals surface area contributed by atoms with Gasteiger partial charge in [-0.15, -0.1) is 11.3 Å². The number of carbonyl (C=O) groups is 1. The summed E-state index contributed by atoms with van der Waals surface area (Å²) in [6, 6.07) is 6.14. The number of rotatable bonds is 5. The topological polar surface area (TPSA) is 59.5 Å². The highest BCUT2D eigenvalue weighted by atomic mass is 32.1. The van der Waals surface area contributed by atoms with Gasteiger partial charge in [0.1, 0.15) is 5.65 Å². The van der Waals surface area contributed by atoms with Gasteiger partial charge in [0.15, 0.2) is 0 Å². The number of amides is 1. The first-order valence-electron chi connectivity index (χ1n) is 8.35. The van der Waals surface area contributed by atoms with Gasteiger partial charge < -0.3 is 14.1 Å². The molecule has 0 spiro atoms. The van der Waals surface area contributed by atoms with E-state index in [1.165, 1.54) is 28.3 Å². The Morgan fingerprint density at radius 2 is 2.11 bits per heavy atom. The van der Waals surface area contributed by atoms with Crippen molar-refractivity contribution in [3.8, 4) is 11.1 Å². The zero-order chi connectivity index (χ0) is 19.7. The summed E-state index contributed by atoms with van der Waals surface area (Å²) in [4.78, 5) is 16.7. The molecule has 1 amide bonds. The summed E-state index contributed by atoms with van der Waals surface area (Å²) in [5.41, 5.74) is 0.398. The number of hydrogen-bond acceptors (Lipinski definition) is 4. The fraction of sp³-hybridized carbons (Fsp3) is 0.158. The Balaban J connectivity index is 1.59. The van der Waals surface area contributed by atoms with Crippen LogP contribution < -0.4 is 5.32 Å². The van der Waals surface area contributed by atoms with E-state index in [1.807, 2.05) is 0 Å². The van der Waals surface area contributed by atoms with Crippen LogP contribution >= 0.6 is 11.3 Å². The molecule has 0 fully saturated rings. The molecule has 1 N–H and O–H groups in total. The van der Waals surface area contributed by atoms with E-state index in [4.69, 9.17) is 4.42 Å². The summed E-state index contributed by atoms with van der Waals surface area (Å²) in [6.07, 6.45) is 1.69. The lowest BCUT2D eigenvalue weighted by atomic mass is 10.1. The molecule has 5 nitrogen and oxygen atoms in total. The van der Waals surface area contributed by atoms with Crippen LogP contribution in [-0.4, -0.2) is 21.8 Å². The van der Waals surface area contributed by atoms with Gasteiger partial charge in [-0.2, -0.15) is 13.2 Å². The molecule has 0 aliphatic rings. The van der Waals surface area contributed by atoms with Gasteiger partial charge in [0.25, 0.3) is 5.91 Å². The summed E-state index contributed by atoms with van der Waals surface area (Å²) in [7, 11) is 0. The Morgan fingerprint density at radius 3 is 2.79 bits per heavy atom. The first-order valence-corrected chi connectivity index (χ1v) is 9.23. The molecule has 4 aromatic rings. The van der Waals surface area contributed by atoms with Gasteiger partial charge in [-0.1, -0.05) is 6.07 Å². The minimum absolute atomic E-state index is 0.167. The number of furan rings is 1. The molecule has 0 saturated carbocycles. The second-order valence-corrected chi connectivity index (χ2v) is 7.05. The molecular formula is C19H14F3N3O2S. The lowest BCUT2D eigenvalue weighted by Crippen LogP contribution is -2.24. The minimum Gasteiger partial charge on any atom is -0.472 e. The van der Waals surface area contributed by atoms with Crippen LogP contribution in [0.4, 0.5) is 13.2 Å². The largest absolute Gasteiger partial charge is 0.472 e. The van der Waals surface area contributed by atoms with Crippen LogP contribution in [0.25, 0.3) is 16.8 Å². The summed E-state index contributed by atoms with van der Waals surface area (Å²) in [5, 5.41) is 4.54. The van der Waals surface area contributed by atoms with Crippen molar-refractivity contribution in [3.05, 3.63) is 70.7 Å². The molecule has 28 heavy (non-hydrogen) atoms. The molecule has 0 bridgehead atoms.